The first kappa shape index (κ1) is 23.0. The van der Waals surface area contributed by atoms with Crippen molar-refractivity contribution >= 4 is 30.7 Å². The molecule has 3 rings (SSSR count). The molecule has 5 nitrogen and oxygen atoms in total. The number of amides is 1. The summed E-state index contributed by atoms with van der Waals surface area (Å²) in [4.78, 5) is 15.3. The van der Waals surface area contributed by atoms with Gasteiger partial charge in [0.1, 0.15) is 0 Å². The third-order valence-corrected chi connectivity index (χ3v) is 6.34. The third kappa shape index (κ3) is 5.46. The van der Waals surface area contributed by atoms with Crippen molar-refractivity contribution in [3.63, 3.8) is 0 Å². The van der Waals surface area contributed by atoms with Gasteiger partial charge < -0.3 is 15.8 Å². The first-order chi connectivity index (χ1) is 11.2. The quantitative estimate of drug-likeness (QED) is 0.749. The second kappa shape index (κ2) is 10.9. The highest BCUT2D eigenvalue weighted by Gasteiger charge is 2.40. The Bertz CT molecular complexity index is 400. The number of carbonyl (C=O) groups excluding carboxylic acids is 1. The molecule has 1 saturated carbocycles. The summed E-state index contributed by atoms with van der Waals surface area (Å²) < 4.78 is 5.60. The molecule has 3 fully saturated rings. The zero-order valence-corrected chi connectivity index (χ0v) is 16.8. The molecule has 7 heteroatoms. The molecule has 25 heavy (non-hydrogen) atoms. The van der Waals surface area contributed by atoms with Gasteiger partial charge in [0.2, 0.25) is 5.91 Å². The lowest BCUT2D eigenvalue weighted by atomic mass is 9.85. The van der Waals surface area contributed by atoms with E-state index in [1.807, 2.05) is 0 Å². The molecule has 0 aromatic carbocycles. The van der Waals surface area contributed by atoms with Crippen molar-refractivity contribution < 1.29 is 9.53 Å². The average Bonchev–Trinajstić information content (AvgIpc) is 3.10. The van der Waals surface area contributed by atoms with Crippen LogP contribution in [0.3, 0.4) is 0 Å². The molecule has 2 atom stereocenters. The molecular formula is C18H35Cl2N3O2. The van der Waals surface area contributed by atoms with Crippen LogP contribution < -0.4 is 11.1 Å². The highest BCUT2D eigenvalue weighted by Crippen LogP contribution is 2.33. The minimum Gasteiger partial charge on any atom is -0.381 e. The molecule has 3 N–H and O–H groups in total. The highest BCUT2D eigenvalue weighted by atomic mass is 35.5. The Morgan fingerprint density at radius 3 is 2.40 bits per heavy atom. The fourth-order valence-corrected chi connectivity index (χ4v) is 4.77. The SMILES string of the molecule is Cl.Cl.NC[C@H]1CCC[C@H]1C(=O)NCC1(N2CCCCC2)CCOCC1. The van der Waals surface area contributed by atoms with Crippen LogP contribution in [0.2, 0.25) is 0 Å². The number of nitrogens with two attached hydrogens (primary N) is 1. The summed E-state index contributed by atoms with van der Waals surface area (Å²) >= 11 is 0. The topological polar surface area (TPSA) is 67.6 Å². The summed E-state index contributed by atoms with van der Waals surface area (Å²) in [5.41, 5.74) is 5.96. The van der Waals surface area contributed by atoms with Crippen LogP contribution in [-0.2, 0) is 9.53 Å². The van der Waals surface area contributed by atoms with E-state index >= 15 is 0 Å². The number of hydrogen-bond acceptors (Lipinski definition) is 4. The lowest BCUT2D eigenvalue weighted by Gasteiger charge is -2.48. The van der Waals surface area contributed by atoms with Crippen LogP contribution in [0.5, 0.6) is 0 Å². The van der Waals surface area contributed by atoms with E-state index in [0.29, 0.717) is 12.5 Å². The standard InChI is InChI=1S/C18H33N3O2.2ClH/c19-13-15-5-4-6-16(15)17(22)20-14-18(7-11-23-12-8-18)21-9-2-1-3-10-21;;/h15-16H,1-14,19H2,(H,20,22);2*1H/t15-,16-;;/m1../s1. The second-order valence-corrected chi connectivity index (χ2v) is 7.64. The second-order valence-electron chi connectivity index (χ2n) is 7.64. The molecule has 0 spiro atoms. The van der Waals surface area contributed by atoms with Gasteiger partial charge in [0.15, 0.2) is 0 Å². The fourth-order valence-electron chi connectivity index (χ4n) is 4.77. The maximum absolute atomic E-state index is 12.7. The molecule has 0 unspecified atom stereocenters. The molecular weight excluding hydrogens is 361 g/mol. The molecule has 0 aromatic rings. The van der Waals surface area contributed by atoms with Gasteiger partial charge in [-0.25, -0.2) is 0 Å². The van der Waals surface area contributed by atoms with Gasteiger partial charge in [0, 0.05) is 31.2 Å². The summed E-state index contributed by atoms with van der Waals surface area (Å²) in [6, 6.07) is 0. The molecule has 148 valence electrons. The summed E-state index contributed by atoms with van der Waals surface area (Å²) in [5, 5.41) is 3.31. The van der Waals surface area contributed by atoms with E-state index in [4.69, 9.17) is 10.5 Å². The monoisotopic (exact) mass is 395 g/mol. The molecule has 0 aromatic heterocycles. The van der Waals surface area contributed by atoms with Gasteiger partial charge in [-0.15, -0.1) is 24.8 Å². The van der Waals surface area contributed by atoms with E-state index in [9.17, 15) is 4.79 Å². The Labute approximate surface area is 164 Å². The van der Waals surface area contributed by atoms with E-state index in [0.717, 1.165) is 51.9 Å². The van der Waals surface area contributed by atoms with Crippen molar-refractivity contribution in [1.29, 1.82) is 0 Å². The Morgan fingerprint density at radius 2 is 1.76 bits per heavy atom. The smallest absolute Gasteiger partial charge is 0.223 e. The van der Waals surface area contributed by atoms with Crippen molar-refractivity contribution in [3.8, 4) is 0 Å². The highest BCUT2D eigenvalue weighted by molar-refractivity contribution is 5.85. The van der Waals surface area contributed by atoms with E-state index in [-0.39, 0.29) is 42.2 Å². The van der Waals surface area contributed by atoms with E-state index in [2.05, 4.69) is 10.2 Å². The number of nitrogens with one attached hydrogen (secondary N) is 1. The normalized spacial score (nSPS) is 29.3. The molecule has 2 heterocycles. The largest absolute Gasteiger partial charge is 0.381 e. The maximum Gasteiger partial charge on any atom is 0.223 e. The van der Waals surface area contributed by atoms with Crippen molar-refractivity contribution in [2.45, 2.75) is 56.9 Å². The number of piperidine rings is 1. The molecule has 2 saturated heterocycles. The molecule has 2 aliphatic heterocycles. The number of carbonyl (C=O) groups is 1. The maximum atomic E-state index is 12.7. The summed E-state index contributed by atoms with van der Waals surface area (Å²) in [6.45, 7) is 5.41. The van der Waals surface area contributed by atoms with Gasteiger partial charge in [0.05, 0.1) is 0 Å². The molecule has 1 amide bonds. The van der Waals surface area contributed by atoms with Gasteiger partial charge in [-0.1, -0.05) is 12.8 Å². The fraction of sp³-hybridized carbons (Fsp3) is 0.944. The number of likely N-dealkylation sites (tertiary alicyclic amines) is 1. The van der Waals surface area contributed by atoms with Gasteiger partial charge in [-0.3, -0.25) is 9.69 Å². The molecule has 0 bridgehead atoms. The van der Waals surface area contributed by atoms with Crippen LogP contribution in [0.1, 0.15) is 51.4 Å². The number of ether oxygens (including phenoxy) is 1. The predicted molar refractivity (Wildman–Crippen MR) is 106 cm³/mol. The van der Waals surface area contributed by atoms with Crippen molar-refractivity contribution in [2.75, 3.05) is 39.4 Å². The number of rotatable bonds is 5. The summed E-state index contributed by atoms with van der Waals surface area (Å²) in [5.74, 6) is 0.759. The van der Waals surface area contributed by atoms with Crippen LogP contribution >= 0.6 is 24.8 Å². The van der Waals surface area contributed by atoms with Crippen LogP contribution in [0, 0.1) is 11.8 Å². The number of halogens is 2. The number of hydrogen-bond donors (Lipinski definition) is 2. The van der Waals surface area contributed by atoms with Crippen molar-refractivity contribution in [1.82, 2.24) is 10.2 Å². The lowest BCUT2D eigenvalue weighted by molar-refractivity contribution is -0.127. The Morgan fingerprint density at radius 1 is 1.08 bits per heavy atom. The third-order valence-electron chi connectivity index (χ3n) is 6.34. The van der Waals surface area contributed by atoms with E-state index < -0.39 is 0 Å². The molecule has 3 aliphatic rings. The van der Waals surface area contributed by atoms with E-state index in [1.54, 1.807) is 0 Å². The van der Waals surface area contributed by atoms with Crippen molar-refractivity contribution in [3.05, 3.63) is 0 Å². The van der Waals surface area contributed by atoms with Crippen LogP contribution in [0.25, 0.3) is 0 Å². The van der Waals surface area contributed by atoms with Gasteiger partial charge in [-0.05, 0) is 64.1 Å². The Hall–Kier alpha value is -0.0700. The van der Waals surface area contributed by atoms with E-state index in [1.165, 1.54) is 32.4 Å². The lowest BCUT2D eigenvalue weighted by Crippen LogP contribution is -2.60. The first-order valence-corrected chi connectivity index (χ1v) is 9.56. The molecule has 0 radical (unpaired) electrons. The first-order valence-electron chi connectivity index (χ1n) is 9.56. The average molecular weight is 396 g/mol. The van der Waals surface area contributed by atoms with Crippen molar-refractivity contribution in [2.24, 2.45) is 17.6 Å². The van der Waals surface area contributed by atoms with Gasteiger partial charge in [-0.2, -0.15) is 0 Å². The zero-order chi connectivity index (χ0) is 16.1. The molecule has 1 aliphatic carbocycles. The predicted octanol–water partition coefficient (Wildman–Crippen LogP) is 2.36. The van der Waals surface area contributed by atoms with Crippen LogP contribution in [-0.4, -0.2) is 55.7 Å². The summed E-state index contributed by atoms with van der Waals surface area (Å²) in [6.07, 6.45) is 9.26. The van der Waals surface area contributed by atoms with Crippen LogP contribution in [0.4, 0.5) is 0 Å². The van der Waals surface area contributed by atoms with Gasteiger partial charge >= 0.3 is 0 Å². The minimum atomic E-state index is 0. The van der Waals surface area contributed by atoms with Crippen LogP contribution in [0.15, 0.2) is 0 Å². The van der Waals surface area contributed by atoms with Gasteiger partial charge in [0.25, 0.3) is 0 Å². The summed E-state index contributed by atoms with van der Waals surface area (Å²) in [7, 11) is 0. The Balaban J connectivity index is 0.00000156. The number of nitrogens with zero attached hydrogens (tertiary/aromatic N) is 1. The Kier molecular flexibility index (Phi) is 10.0. The minimum absolute atomic E-state index is 0. The zero-order valence-electron chi connectivity index (χ0n) is 15.2.